The third-order valence-corrected chi connectivity index (χ3v) is 8.14. The van der Waals surface area contributed by atoms with Gasteiger partial charge in [0.2, 0.25) is 0 Å². The number of hydrogen-bond acceptors (Lipinski definition) is 14. The minimum atomic E-state index is -3.77. The van der Waals surface area contributed by atoms with Crippen LogP contribution in [0.25, 0.3) is 0 Å². The molecule has 0 radical (unpaired) electrons. The van der Waals surface area contributed by atoms with Gasteiger partial charge in [-0.2, -0.15) is 8.42 Å². The van der Waals surface area contributed by atoms with Crippen LogP contribution in [0.15, 0.2) is 59.5 Å². The van der Waals surface area contributed by atoms with E-state index in [-0.39, 0.29) is 43.1 Å². The number of amides is 2. The smallest absolute Gasteiger partial charge is 0.297 e. The molecule has 1 aliphatic rings. The zero-order chi connectivity index (χ0) is 35.5. The van der Waals surface area contributed by atoms with Gasteiger partial charge in [-0.1, -0.05) is 30.3 Å². The summed E-state index contributed by atoms with van der Waals surface area (Å²) in [7, 11) is -3.77. The van der Waals surface area contributed by atoms with Crippen LogP contribution in [0.2, 0.25) is 0 Å². The lowest BCUT2D eigenvalue weighted by Gasteiger charge is -2.13. The lowest BCUT2D eigenvalue weighted by atomic mass is 10.1. The Hall–Kier alpha value is -2.87. The van der Waals surface area contributed by atoms with Crippen molar-refractivity contribution in [3.63, 3.8) is 0 Å². The van der Waals surface area contributed by atoms with E-state index in [4.69, 9.17) is 46.8 Å². The lowest BCUT2D eigenvalue weighted by molar-refractivity contribution is -0.0255. The number of imide groups is 1. The molecule has 2 aromatic carbocycles. The number of benzene rings is 2. The molecule has 0 N–H and O–H groups in total. The topological polar surface area (TPSA) is 164 Å². The fourth-order valence-electron chi connectivity index (χ4n) is 4.32. The molecule has 0 saturated heterocycles. The second kappa shape index (κ2) is 26.0. The lowest BCUT2D eigenvalue weighted by Crippen LogP contribution is -2.33. The van der Waals surface area contributed by atoms with Crippen LogP contribution >= 0.6 is 0 Å². The van der Waals surface area contributed by atoms with Crippen molar-refractivity contribution in [1.82, 2.24) is 4.90 Å². The molecule has 0 bridgehead atoms. The zero-order valence-electron chi connectivity index (χ0n) is 28.4. The molecule has 0 aliphatic carbocycles. The third kappa shape index (κ3) is 16.9. The van der Waals surface area contributed by atoms with Crippen molar-refractivity contribution in [2.24, 2.45) is 0 Å². The summed E-state index contributed by atoms with van der Waals surface area (Å²) in [6, 6.07) is 14.7. The SMILES string of the molecule is O=C1c2ccccc2C(=O)N1CCOCCOCCOCCOCCOCCOCCOCCOCCOCCOS(=O)(=O)c1ccccc1. The van der Waals surface area contributed by atoms with Gasteiger partial charge in [0.1, 0.15) is 0 Å². The van der Waals surface area contributed by atoms with Gasteiger partial charge < -0.3 is 42.6 Å². The molecule has 1 aliphatic heterocycles. The molecule has 15 nitrogen and oxygen atoms in total. The van der Waals surface area contributed by atoms with Gasteiger partial charge in [0.15, 0.2) is 0 Å². The number of nitrogens with zero attached hydrogens (tertiary/aromatic N) is 1. The molecule has 0 aromatic heterocycles. The van der Waals surface area contributed by atoms with Crippen molar-refractivity contribution >= 4 is 21.9 Å². The normalized spacial score (nSPS) is 13.0. The molecular weight excluding hydrogens is 678 g/mol. The van der Waals surface area contributed by atoms with Crippen molar-refractivity contribution in [1.29, 1.82) is 0 Å². The molecule has 50 heavy (non-hydrogen) atoms. The number of ether oxygens (including phenoxy) is 9. The van der Waals surface area contributed by atoms with E-state index in [2.05, 4.69) is 0 Å². The van der Waals surface area contributed by atoms with E-state index < -0.39 is 10.1 Å². The van der Waals surface area contributed by atoms with Crippen LogP contribution in [0.3, 0.4) is 0 Å². The average Bonchev–Trinajstić information content (AvgIpc) is 3.37. The van der Waals surface area contributed by atoms with Crippen LogP contribution in [-0.4, -0.2) is 157 Å². The maximum atomic E-state index is 12.3. The highest BCUT2D eigenvalue weighted by molar-refractivity contribution is 7.86. The van der Waals surface area contributed by atoms with Gasteiger partial charge in [-0.25, -0.2) is 0 Å². The van der Waals surface area contributed by atoms with Crippen molar-refractivity contribution in [2.75, 3.05) is 132 Å². The maximum absolute atomic E-state index is 12.3. The van der Waals surface area contributed by atoms with Crippen LogP contribution in [0.5, 0.6) is 0 Å². The molecule has 0 fully saturated rings. The molecule has 2 aromatic rings. The van der Waals surface area contributed by atoms with Crippen LogP contribution < -0.4 is 0 Å². The summed E-state index contributed by atoms with van der Waals surface area (Å²) in [5.74, 6) is -0.571. The van der Waals surface area contributed by atoms with Crippen LogP contribution in [0, 0.1) is 0 Å². The van der Waals surface area contributed by atoms with Gasteiger partial charge >= 0.3 is 0 Å². The maximum Gasteiger partial charge on any atom is 0.297 e. The molecule has 2 amide bonds. The first kappa shape index (κ1) is 41.5. The van der Waals surface area contributed by atoms with Crippen LogP contribution in [-0.2, 0) is 56.9 Å². The first-order valence-corrected chi connectivity index (χ1v) is 18.0. The minimum absolute atomic E-state index is 0.0670. The summed E-state index contributed by atoms with van der Waals surface area (Å²) in [5, 5.41) is 0. The van der Waals surface area contributed by atoms with E-state index in [1.807, 2.05) is 0 Å². The Labute approximate surface area is 294 Å². The van der Waals surface area contributed by atoms with Gasteiger partial charge in [-0.05, 0) is 24.3 Å². The van der Waals surface area contributed by atoms with Crippen molar-refractivity contribution < 1.29 is 64.8 Å². The predicted molar refractivity (Wildman–Crippen MR) is 179 cm³/mol. The van der Waals surface area contributed by atoms with Crippen molar-refractivity contribution in [2.45, 2.75) is 4.90 Å². The van der Waals surface area contributed by atoms with E-state index in [1.165, 1.54) is 17.0 Å². The summed E-state index contributed by atoms with van der Waals surface area (Å²) in [5.41, 5.74) is 0.869. The highest BCUT2D eigenvalue weighted by atomic mass is 32.2. The van der Waals surface area contributed by atoms with Gasteiger partial charge in [-0.15, -0.1) is 0 Å². The molecule has 0 spiro atoms. The van der Waals surface area contributed by atoms with Crippen molar-refractivity contribution in [3.05, 3.63) is 65.7 Å². The Balaban J connectivity index is 0.943. The Morgan fingerprint density at radius 1 is 0.400 bits per heavy atom. The van der Waals surface area contributed by atoms with Crippen LogP contribution in [0.1, 0.15) is 20.7 Å². The van der Waals surface area contributed by atoms with E-state index in [0.29, 0.717) is 117 Å². The van der Waals surface area contributed by atoms with Gasteiger partial charge in [-0.3, -0.25) is 18.7 Å². The number of fused-ring (bicyclic) bond motifs is 1. The first-order chi connectivity index (χ1) is 24.5. The highest BCUT2D eigenvalue weighted by Crippen LogP contribution is 2.21. The largest absolute Gasteiger partial charge is 0.377 e. The molecular formula is C34H49NO14S. The van der Waals surface area contributed by atoms with Gasteiger partial charge in [0, 0.05) is 0 Å². The summed E-state index contributed by atoms with van der Waals surface area (Å²) in [4.78, 5) is 25.9. The Kier molecular flexibility index (Phi) is 21.6. The monoisotopic (exact) mass is 727 g/mol. The molecule has 280 valence electrons. The Morgan fingerprint density at radius 3 is 1.06 bits per heavy atom. The Bertz CT molecular complexity index is 1280. The molecule has 1 heterocycles. The fraction of sp³-hybridized carbons (Fsp3) is 0.588. The summed E-state index contributed by atoms with van der Waals surface area (Å²) < 4.78 is 77.8. The van der Waals surface area contributed by atoms with Crippen molar-refractivity contribution in [3.8, 4) is 0 Å². The van der Waals surface area contributed by atoms with E-state index in [0.717, 1.165) is 0 Å². The van der Waals surface area contributed by atoms with Gasteiger partial charge in [0.25, 0.3) is 21.9 Å². The fourth-order valence-corrected chi connectivity index (χ4v) is 5.23. The molecule has 0 atom stereocenters. The first-order valence-electron chi connectivity index (χ1n) is 16.6. The number of carbonyl (C=O) groups is 2. The standard InChI is InChI=1S/C34H49NO14S/c36-33-31-8-4-5-9-32(31)34(37)35(33)10-11-40-12-13-41-14-15-42-16-17-43-18-19-44-20-21-45-22-23-46-24-25-47-26-27-48-28-29-49-50(38,39)30-6-2-1-3-7-30/h1-9H,10-29H2. The van der Waals surface area contributed by atoms with Crippen LogP contribution in [0.4, 0.5) is 0 Å². The minimum Gasteiger partial charge on any atom is -0.377 e. The number of hydrogen-bond donors (Lipinski definition) is 0. The molecule has 0 unspecified atom stereocenters. The van der Waals surface area contributed by atoms with E-state index in [9.17, 15) is 18.0 Å². The quantitative estimate of drug-likeness (QED) is 0.0609. The highest BCUT2D eigenvalue weighted by Gasteiger charge is 2.34. The molecule has 3 rings (SSSR count). The second-order valence-electron chi connectivity index (χ2n) is 10.4. The van der Waals surface area contributed by atoms with E-state index >= 15 is 0 Å². The van der Waals surface area contributed by atoms with Gasteiger partial charge in [0.05, 0.1) is 148 Å². The number of rotatable bonds is 32. The Morgan fingerprint density at radius 2 is 0.700 bits per heavy atom. The molecule has 0 saturated carbocycles. The predicted octanol–water partition coefficient (Wildman–Crippen LogP) is 1.84. The zero-order valence-corrected chi connectivity index (χ0v) is 29.2. The molecule has 16 heteroatoms. The number of carbonyl (C=O) groups excluding carboxylic acids is 2. The average molecular weight is 728 g/mol. The summed E-state index contributed by atoms with van der Waals surface area (Å²) in [6.45, 7) is 7.23. The summed E-state index contributed by atoms with van der Waals surface area (Å²) >= 11 is 0. The third-order valence-electron chi connectivity index (χ3n) is 6.81. The summed E-state index contributed by atoms with van der Waals surface area (Å²) in [6.07, 6.45) is 0. The van der Waals surface area contributed by atoms with E-state index in [1.54, 1.807) is 42.5 Å². The second-order valence-corrected chi connectivity index (χ2v) is 12.0.